The Morgan fingerprint density at radius 3 is 2.70 bits per heavy atom. The van der Waals surface area contributed by atoms with Crippen molar-refractivity contribution >= 4 is 17.5 Å². The molecule has 1 aromatic carbocycles. The van der Waals surface area contributed by atoms with Crippen LogP contribution < -0.4 is 19.7 Å². The average molecular weight is 318 g/mol. The number of aromatic nitrogens is 2. The molecule has 3 rings (SSSR count). The van der Waals surface area contributed by atoms with Gasteiger partial charge in [-0.1, -0.05) is 0 Å². The Labute approximate surface area is 134 Å². The molecular formula is C16H19FN4O2. The Hall–Kier alpha value is -2.57. The van der Waals surface area contributed by atoms with E-state index in [-0.39, 0.29) is 11.9 Å². The Bertz CT molecular complexity index is 708. The minimum absolute atomic E-state index is 0.160. The van der Waals surface area contributed by atoms with E-state index in [9.17, 15) is 4.39 Å². The first-order valence-corrected chi connectivity index (χ1v) is 7.47. The molecule has 2 heterocycles. The summed E-state index contributed by atoms with van der Waals surface area (Å²) < 4.78 is 25.2. The molecule has 0 atom stereocenters. The highest BCUT2D eigenvalue weighted by atomic mass is 19.1. The topological polar surface area (TPSA) is 59.5 Å². The maximum atomic E-state index is 14.1. The zero-order valence-corrected chi connectivity index (χ0v) is 13.3. The molecule has 0 unspecified atom stereocenters. The number of halogens is 1. The highest BCUT2D eigenvalue weighted by Gasteiger charge is 2.17. The lowest BCUT2D eigenvalue weighted by Gasteiger charge is -2.23. The van der Waals surface area contributed by atoms with Crippen LogP contribution in [-0.4, -0.2) is 36.3 Å². The van der Waals surface area contributed by atoms with Gasteiger partial charge in [-0.3, -0.25) is 0 Å². The van der Waals surface area contributed by atoms with Gasteiger partial charge in [0.2, 0.25) is 5.95 Å². The second-order valence-corrected chi connectivity index (χ2v) is 5.55. The van der Waals surface area contributed by atoms with Gasteiger partial charge < -0.3 is 19.7 Å². The molecule has 0 saturated carbocycles. The lowest BCUT2D eigenvalue weighted by molar-refractivity contribution is 0.171. The van der Waals surface area contributed by atoms with Crippen LogP contribution in [0.2, 0.25) is 0 Å². The number of nitrogens with one attached hydrogen (secondary N) is 1. The number of nitrogens with zero attached hydrogens (tertiary/aromatic N) is 3. The molecule has 2 aromatic rings. The SMILES string of the molecule is CC(C)Nc1ncc(F)c(N(C)c2ccc3c(c2)OCCO3)n1. The first-order valence-electron chi connectivity index (χ1n) is 7.47. The Morgan fingerprint density at radius 2 is 1.96 bits per heavy atom. The van der Waals surface area contributed by atoms with Crippen LogP contribution in [0.15, 0.2) is 24.4 Å². The zero-order chi connectivity index (χ0) is 16.4. The smallest absolute Gasteiger partial charge is 0.225 e. The van der Waals surface area contributed by atoms with Crippen molar-refractivity contribution in [1.82, 2.24) is 9.97 Å². The van der Waals surface area contributed by atoms with E-state index in [1.807, 2.05) is 32.0 Å². The number of fused-ring (bicyclic) bond motifs is 1. The number of ether oxygens (including phenoxy) is 2. The van der Waals surface area contributed by atoms with Gasteiger partial charge in [0.1, 0.15) is 13.2 Å². The van der Waals surface area contributed by atoms with Crippen LogP contribution in [-0.2, 0) is 0 Å². The number of anilines is 3. The van der Waals surface area contributed by atoms with Crippen LogP contribution in [0.3, 0.4) is 0 Å². The Morgan fingerprint density at radius 1 is 1.22 bits per heavy atom. The van der Waals surface area contributed by atoms with Crippen molar-refractivity contribution in [3.8, 4) is 11.5 Å². The molecule has 0 aliphatic carbocycles. The molecular weight excluding hydrogens is 299 g/mol. The van der Waals surface area contributed by atoms with Crippen LogP contribution in [0, 0.1) is 5.82 Å². The molecule has 0 fully saturated rings. The number of hydrogen-bond acceptors (Lipinski definition) is 6. The highest BCUT2D eigenvalue weighted by molar-refractivity contribution is 5.64. The molecule has 1 aromatic heterocycles. The fraction of sp³-hybridized carbons (Fsp3) is 0.375. The third-order valence-corrected chi connectivity index (χ3v) is 3.37. The minimum atomic E-state index is -0.489. The van der Waals surface area contributed by atoms with Crippen molar-refractivity contribution in [3.63, 3.8) is 0 Å². The quantitative estimate of drug-likeness (QED) is 0.935. The van der Waals surface area contributed by atoms with Crippen molar-refractivity contribution in [2.24, 2.45) is 0 Å². The molecule has 0 saturated heterocycles. The Balaban J connectivity index is 1.91. The standard InChI is InChI=1S/C16H19FN4O2/c1-10(2)19-16-18-9-12(17)15(20-16)21(3)11-4-5-13-14(8-11)23-7-6-22-13/h4-5,8-10H,6-7H2,1-3H3,(H,18,19,20). The molecule has 6 nitrogen and oxygen atoms in total. The van der Waals surface area contributed by atoms with Crippen LogP contribution in [0.5, 0.6) is 11.5 Å². The summed E-state index contributed by atoms with van der Waals surface area (Å²) >= 11 is 0. The molecule has 7 heteroatoms. The van der Waals surface area contributed by atoms with Crippen LogP contribution in [0.4, 0.5) is 21.8 Å². The molecule has 0 spiro atoms. The molecule has 0 bridgehead atoms. The first-order chi connectivity index (χ1) is 11.0. The summed E-state index contributed by atoms with van der Waals surface area (Å²) in [4.78, 5) is 9.87. The van der Waals surface area contributed by atoms with Gasteiger partial charge in [-0.15, -0.1) is 0 Å². The average Bonchev–Trinajstić information content (AvgIpc) is 2.55. The van der Waals surface area contributed by atoms with E-state index in [1.54, 1.807) is 11.9 Å². The molecule has 122 valence electrons. The third-order valence-electron chi connectivity index (χ3n) is 3.37. The van der Waals surface area contributed by atoms with E-state index in [0.717, 1.165) is 5.69 Å². The summed E-state index contributed by atoms with van der Waals surface area (Å²) in [7, 11) is 1.75. The van der Waals surface area contributed by atoms with Gasteiger partial charge >= 0.3 is 0 Å². The molecule has 0 amide bonds. The van der Waals surface area contributed by atoms with Gasteiger partial charge in [0.25, 0.3) is 0 Å². The summed E-state index contributed by atoms with van der Waals surface area (Å²) in [5.74, 6) is 1.44. The summed E-state index contributed by atoms with van der Waals surface area (Å²) in [5.41, 5.74) is 0.752. The maximum Gasteiger partial charge on any atom is 0.225 e. The predicted octanol–water partition coefficient (Wildman–Crippen LogP) is 2.98. The molecule has 1 N–H and O–H groups in total. The van der Waals surface area contributed by atoms with Crippen molar-refractivity contribution in [1.29, 1.82) is 0 Å². The van der Waals surface area contributed by atoms with Gasteiger partial charge in [-0.05, 0) is 26.0 Å². The second kappa shape index (κ2) is 6.28. The van der Waals surface area contributed by atoms with Crippen molar-refractivity contribution in [2.45, 2.75) is 19.9 Å². The maximum absolute atomic E-state index is 14.1. The van der Waals surface area contributed by atoms with Gasteiger partial charge in [0, 0.05) is 24.8 Å². The lowest BCUT2D eigenvalue weighted by atomic mass is 10.2. The highest BCUT2D eigenvalue weighted by Crippen LogP contribution is 2.35. The van der Waals surface area contributed by atoms with Gasteiger partial charge in [-0.2, -0.15) is 4.98 Å². The van der Waals surface area contributed by atoms with Gasteiger partial charge in [0.05, 0.1) is 6.20 Å². The zero-order valence-electron chi connectivity index (χ0n) is 13.3. The van der Waals surface area contributed by atoms with Crippen LogP contribution in [0.25, 0.3) is 0 Å². The Kier molecular flexibility index (Phi) is 4.18. The van der Waals surface area contributed by atoms with E-state index in [0.29, 0.717) is 30.7 Å². The first kappa shape index (κ1) is 15.3. The molecule has 1 aliphatic rings. The van der Waals surface area contributed by atoms with Crippen molar-refractivity contribution < 1.29 is 13.9 Å². The predicted molar refractivity (Wildman–Crippen MR) is 86.2 cm³/mol. The normalized spacial score (nSPS) is 13.1. The second-order valence-electron chi connectivity index (χ2n) is 5.55. The summed E-state index contributed by atoms with van der Waals surface area (Å²) in [5, 5.41) is 3.07. The monoisotopic (exact) mass is 318 g/mol. The third kappa shape index (κ3) is 3.28. The largest absolute Gasteiger partial charge is 0.486 e. The van der Waals surface area contributed by atoms with E-state index >= 15 is 0 Å². The van der Waals surface area contributed by atoms with Crippen molar-refractivity contribution in [2.75, 3.05) is 30.5 Å². The number of benzene rings is 1. The van der Waals surface area contributed by atoms with E-state index in [2.05, 4.69) is 15.3 Å². The fourth-order valence-electron chi connectivity index (χ4n) is 2.28. The van der Waals surface area contributed by atoms with Crippen LogP contribution >= 0.6 is 0 Å². The van der Waals surface area contributed by atoms with E-state index in [4.69, 9.17) is 9.47 Å². The molecule has 23 heavy (non-hydrogen) atoms. The number of hydrogen-bond donors (Lipinski definition) is 1. The summed E-state index contributed by atoms with van der Waals surface area (Å²) in [6, 6.07) is 5.62. The van der Waals surface area contributed by atoms with E-state index < -0.39 is 5.82 Å². The van der Waals surface area contributed by atoms with E-state index in [1.165, 1.54) is 6.20 Å². The van der Waals surface area contributed by atoms with Crippen LogP contribution in [0.1, 0.15) is 13.8 Å². The summed E-state index contributed by atoms with van der Waals surface area (Å²) in [6.07, 6.45) is 1.17. The number of rotatable bonds is 4. The van der Waals surface area contributed by atoms with Gasteiger partial charge in [-0.25, -0.2) is 9.37 Å². The van der Waals surface area contributed by atoms with Crippen molar-refractivity contribution in [3.05, 3.63) is 30.2 Å². The molecule has 0 radical (unpaired) electrons. The summed E-state index contributed by atoms with van der Waals surface area (Å²) in [6.45, 7) is 4.98. The molecule has 1 aliphatic heterocycles. The fourth-order valence-corrected chi connectivity index (χ4v) is 2.28. The lowest BCUT2D eigenvalue weighted by Crippen LogP contribution is -2.19. The minimum Gasteiger partial charge on any atom is -0.486 e. The van der Waals surface area contributed by atoms with Gasteiger partial charge in [0.15, 0.2) is 23.1 Å².